The van der Waals surface area contributed by atoms with E-state index in [2.05, 4.69) is 21.2 Å². The summed E-state index contributed by atoms with van der Waals surface area (Å²) >= 11 is 9.79. The quantitative estimate of drug-likeness (QED) is 0.597. The average Bonchev–Trinajstić information content (AvgIpc) is 2.69. The molecule has 0 spiro atoms. The second kappa shape index (κ2) is 10.6. The Labute approximate surface area is 185 Å². The predicted octanol–water partition coefficient (Wildman–Crippen LogP) is 4.65. The maximum absolute atomic E-state index is 13.0. The van der Waals surface area contributed by atoms with Gasteiger partial charge in [-0.3, -0.25) is 9.59 Å². The van der Waals surface area contributed by atoms with Gasteiger partial charge in [-0.2, -0.15) is 0 Å². The third-order valence-electron chi connectivity index (χ3n) is 4.59. The maximum Gasteiger partial charge on any atom is 0.261 e. The van der Waals surface area contributed by atoms with E-state index in [4.69, 9.17) is 16.3 Å². The minimum Gasteiger partial charge on any atom is -0.484 e. The van der Waals surface area contributed by atoms with Crippen molar-refractivity contribution in [2.45, 2.75) is 40.3 Å². The first-order chi connectivity index (χ1) is 13.7. The zero-order valence-electron chi connectivity index (χ0n) is 17.1. The number of amides is 2. The number of aryl methyl sites for hydroxylation is 2. The number of likely N-dealkylation sites (N-methyl/N-ethyl adjacent to an activating group) is 1. The minimum absolute atomic E-state index is 0.172. The van der Waals surface area contributed by atoms with Crippen molar-refractivity contribution in [2.24, 2.45) is 0 Å². The van der Waals surface area contributed by atoms with Gasteiger partial charge in [0.1, 0.15) is 11.8 Å². The van der Waals surface area contributed by atoms with E-state index in [-0.39, 0.29) is 25.0 Å². The van der Waals surface area contributed by atoms with Crippen molar-refractivity contribution in [3.63, 3.8) is 0 Å². The zero-order chi connectivity index (χ0) is 21.6. The molecule has 0 saturated heterocycles. The van der Waals surface area contributed by atoms with E-state index < -0.39 is 6.04 Å². The molecule has 156 valence electrons. The van der Waals surface area contributed by atoms with Crippen LogP contribution >= 0.6 is 27.5 Å². The van der Waals surface area contributed by atoms with Gasteiger partial charge in [-0.25, -0.2) is 0 Å². The first kappa shape index (κ1) is 23.2. The molecule has 2 amide bonds. The predicted molar refractivity (Wildman–Crippen MR) is 119 cm³/mol. The summed E-state index contributed by atoms with van der Waals surface area (Å²) in [6.45, 7) is 8.01. The number of rotatable bonds is 8. The lowest BCUT2D eigenvalue weighted by atomic mass is 10.1. The van der Waals surface area contributed by atoms with Crippen LogP contribution < -0.4 is 10.1 Å². The lowest BCUT2D eigenvalue weighted by molar-refractivity contribution is -0.142. The molecule has 7 heteroatoms. The smallest absolute Gasteiger partial charge is 0.261 e. The van der Waals surface area contributed by atoms with Crippen LogP contribution in [-0.4, -0.2) is 35.9 Å². The summed E-state index contributed by atoms with van der Waals surface area (Å²) in [6.07, 6.45) is 0. The summed E-state index contributed by atoms with van der Waals surface area (Å²) in [6, 6.07) is 10.4. The molecular weight excluding hydrogens is 456 g/mol. The fourth-order valence-corrected chi connectivity index (χ4v) is 3.36. The number of carbonyl (C=O) groups excluding carboxylic acids is 2. The molecule has 1 atom stereocenters. The summed E-state index contributed by atoms with van der Waals surface area (Å²) in [5.74, 6) is 0.102. The molecular formula is C22H26BrClN2O3. The standard InChI is InChI=1S/C22H26BrClN2O3/c1-5-25-22(28)16(4)26(12-17-8-6-7-9-19(17)24)20(27)13-29-18-10-14(2)21(23)15(3)11-18/h6-11,16H,5,12-13H2,1-4H3,(H,25,28). The fourth-order valence-electron chi connectivity index (χ4n) is 2.93. The number of halogens is 2. The Morgan fingerprint density at radius 2 is 1.83 bits per heavy atom. The maximum atomic E-state index is 13.0. The number of hydrogen-bond acceptors (Lipinski definition) is 3. The van der Waals surface area contributed by atoms with Crippen LogP contribution in [-0.2, 0) is 16.1 Å². The number of benzene rings is 2. The largest absolute Gasteiger partial charge is 0.484 e. The highest BCUT2D eigenvalue weighted by Crippen LogP contribution is 2.26. The van der Waals surface area contributed by atoms with Gasteiger partial charge in [0.05, 0.1) is 0 Å². The van der Waals surface area contributed by atoms with E-state index in [9.17, 15) is 9.59 Å². The Hall–Kier alpha value is -2.05. The van der Waals surface area contributed by atoms with Crippen LogP contribution in [0.15, 0.2) is 40.9 Å². The van der Waals surface area contributed by atoms with Crippen LogP contribution in [0.2, 0.25) is 5.02 Å². The molecule has 0 saturated carbocycles. The van der Waals surface area contributed by atoms with Gasteiger partial charge < -0.3 is 15.0 Å². The molecule has 29 heavy (non-hydrogen) atoms. The van der Waals surface area contributed by atoms with E-state index in [0.29, 0.717) is 17.3 Å². The van der Waals surface area contributed by atoms with Crippen molar-refractivity contribution >= 4 is 39.3 Å². The van der Waals surface area contributed by atoms with Crippen LogP contribution in [0.25, 0.3) is 0 Å². The number of hydrogen-bond donors (Lipinski definition) is 1. The lowest BCUT2D eigenvalue weighted by Gasteiger charge is -2.29. The molecule has 5 nitrogen and oxygen atoms in total. The van der Waals surface area contributed by atoms with Gasteiger partial charge >= 0.3 is 0 Å². The molecule has 0 aliphatic rings. The Balaban J connectivity index is 2.19. The van der Waals surface area contributed by atoms with Gasteiger partial charge in [0.25, 0.3) is 5.91 Å². The fraction of sp³-hybridized carbons (Fsp3) is 0.364. The summed E-state index contributed by atoms with van der Waals surface area (Å²) in [4.78, 5) is 26.9. The highest BCUT2D eigenvalue weighted by Gasteiger charge is 2.26. The van der Waals surface area contributed by atoms with Crippen LogP contribution in [0.3, 0.4) is 0 Å². The zero-order valence-corrected chi connectivity index (χ0v) is 19.4. The van der Waals surface area contributed by atoms with Gasteiger partial charge in [0.2, 0.25) is 5.91 Å². The molecule has 2 rings (SSSR count). The lowest BCUT2D eigenvalue weighted by Crippen LogP contribution is -2.49. The molecule has 0 aliphatic carbocycles. The molecule has 1 unspecified atom stereocenters. The van der Waals surface area contributed by atoms with Crippen molar-refractivity contribution in [1.82, 2.24) is 10.2 Å². The van der Waals surface area contributed by atoms with E-state index in [1.165, 1.54) is 4.90 Å². The molecule has 1 N–H and O–H groups in total. The molecule has 2 aromatic rings. The average molecular weight is 482 g/mol. The Morgan fingerprint density at radius 3 is 2.41 bits per heavy atom. The molecule has 0 fully saturated rings. The topological polar surface area (TPSA) is 58.6 Å². The third-order valence-corrected chi connectivity index (χ3v) is 6.21. The highest BCUT2D eigenvalue weighted by atomic mass is 79.9. The van der Waals surface area contributed by atoms with Gasteiger partial charge in [-0.15, -0.1) is 0 Å². The molecule has 0 aromatic heterocycles. The van der Waals surface area contributed by atoms with E-state index in [1.807, 2.05) is 51.1 Å². The van der Waals surface area contributed by atoms with Gasteiger partial charge in [0.15, 0.2) is 6.61 Å². The number of nitrogens with one attached hydrogen (secondary N) is 1. The summed E-state index contributed by atoms with van der Waals surface area (Å²) in [7, 11) is 0. The van der Waals surface area contributed by atoms with Crippen molar-refractivity contribution in [3.8, 4) is 5.75 Å². The van der Waals surface area contributed by atoms with Crippen LogP contribution in [0.5, 0.6) is 5.75 Å². The molecule has 0 heterocycles. The van der Waals surface area contributed by atoms with Crippen molar-refractivity contribution in [2.75, 3.05) is 13.2 Å². The summed E-state index contributed by atoms with van der Waals surface area (Å²) < 4.78 is 6.76. The first-order valence-electron chi connectivity index (χ1n) is 9.44. The molecule has 0 bridgehead atoms. The second-order valence-electron chi connectivity index (χ2n) is 6.84. The summed E-state index contributed by atoms with van der Waals surface area (Å²) in [5, 5.41) is 3.31. The SMILES string of the molecule is CCNC(=O)C(C)N(Cc1ccccc1Cl)C(=O)COc1cc(C)c(Br)c(C)c1. The Kier molecular flexibility index (Phi) is 8.53. The van der Waals surface area contributed by atoms with Crippen LogP contribution in [0.1, 0.15) is 30.5 Å². The molecule has 2 aromatic carbocycles. The number of ether oxygens (including phenoxy) is 1. The van der Waals surface area contributed by atoms with Crippen molar-refractivity contribution in [1.29, 1.82) is 0 Å². The van der Waals surface area contributed by atoms with Gasteiger partial charge in [-0.05, 0) is 62.6 Å². The monoisotopic (exact) mass is 480 g/mol. The normalized spacial score (nSPS) is 11.7. The van der Waals surface area contributed by atoms with Gasteiger partial charge in [-0.1, -0.05) is 45.7 Å². The highest BCUT2D eigenvalue weighted by molar-refractivity contribution is 9.10. The van der Waals surface area contributed by atoms with Gasteiger partial charge in [0, 0.05) is 22.6 Å². The minimum atomic E-state index is -0.657. The summed E-state index contributed by atoms with van der Waals surface area (Å²) in [5.41, 5.74) is 2.82. The second-order valence-corrected chi connectivity index (χ2v) is 8.04. The van der Waals surface area contributed by atoms with Crippen LogP contribution in [0, 0.1) is 13.8 Å². The third kappa shape index (κ3) is 6.21. The van der Waals surface area contributed by atoms with E-state index in [0.717, 1.165) is 21.2 Å². The van der Waals surface area contributed by atoms with E-state index in [1.54, 1.807) is 13.0 Å². The van der Waals surface area contributed by atoms with E-state index >= 15 is 0 Å². The first-order valence-corrected chi connectivity index (χ1v) is 10.6. The van der Waals surface area contributed by atoms with Crippen LogP contribution in [0.4, 0.5) is 0 Å². The Bertz CT molecular complexity index is 865. The Morgan fingerprint density at radius 1 is 1.21 bits per heavy atom. The molecule has 0 aliphatic heterocycles. The molecule has 0 radical (unpaired) electrons. The number of carbonyl (C=O) groups is 2. The van der Waals surface area contributed by atoms with Crippen molar-refractivity contribution < 1.29 is 14.3 Å². The number of nitrogens with zero attached hydrogens (tertiary/aromatic N) is 1. The van der Waals surface area contributed by atoms with Crippen molar-refractivity contribution in [3.05, 3.63) is 62.6 Å².